The zero-order valence-corrected chi connectivity index (χ0v) is 14.9. The second kappa shape index (κ2) is 6.60. The van der Waals surface area contributed by atoms with E-state index in [2.05, 4.69) is 15.3 Å². The van der Waals surface area contributed by atoms with Crippen LogP contribution in [-0.2, 0) is 4.79 Å². The summed E-state index contributed by atoms with van der Waals surface area (Å²) in [5.41, 5.74) is 2.37. The number of aromatic nitrogens is 2. The first kappa shape index (κ1) is 17.6. The summed E-state index contributed by atoms with van der Waals surface area (Å²) >= 11 is 0. The molecular weight excluding hydrogens is 331 g/mol. The van der Waals surface area contributed by atoms with Gasteiger partial charge in [-0.25, -0.2) is 13.8 Å². The van der Waals surface area contributed by atoms with Crippen molar-refractivity contribution in [3.8, 4) is 11.1 Å². The van der Waals surface area contributed by atoms with E-state index >= 15 is 0 Å². The molecule has 2 aromatic heterocycles. The Labute approximate surface area is 151 Å². The van der Waals surface area contributed by atoms with Crippen LogP contribution in [0.15, 0.2) is 42.6 Å². The highest BCUT2D eigenvalue weighted by atomic mass is 19.1. The van der Waals surface area contributed by atoms with E-state index in [4.69, 9.17) is 6.57 Å². The third-order valence-electron chi connectivity index (χ3n) is 3.83. The summed E-state index contributed by atoms with van der Waals surface area (Å²) in [5.74, 6) is -0.0898. The molecule has 26 heavy (non-hydrogen) atoms. The lowest BCUT2D eigenvalue weighted by Gasteiger charge is -2.17. The third-order valence-corrected chi connectivity index (χ3v) is 3.83. The van der Waals surface area contributed by atoms with Crippen LogP contribution in [0.4, 0.5) is 15.9 Å². The minimum Gasteiger partial charge on any atom is -0.309 e. The van der Waals surface area contributed by atoms with Crippen molar-refractivity contribution >= 4 is 22.9 Å². The molecule has 1 amide bonds. The highest BCUT2D eigenvalue weighted by Gasteiger charge is 2.20. The highest BCUT2D eigenvalue weighted by Crippen LogP contribution is 2.34. The Hall–Kier alpha value is -3.20. The van der Waals surface area contributed by atoms with Gasteiger partial charge in [0, 0.05) is 12.6 Å². The average molecular weight is 350 g/mol. The maximum absolute atomic E-state index is 13.3. The predicted octanol–water partition coefficient (Wildman–Crippen LogP) is 5.07. The first-order chi connectivity index (χ1) is 12.3. The van der Waals surface area contributed by atoms with Crippen LogP contribution in [-0.4, -0.2) is 15.5 Å². The summed E-state index contributed by atoms with van der Waals surface area (Å²) < 4.78 is 14.9. The Morgan fingerprint density at radius 2 is 1.96 bits per heavy atom. The van der Waals surface area contributed by atoms with Crippen LogP contribution < -0.4 is 5.32 Å². The molecule has 1 aromatic carbocycles. The van der Waals surface area contributed by atoms with Crippen molar-refractivity contribution in [1.82, 2.24) is 9.61 Å². The van der Waals surface area contributed by atoms with Crippen molar-refractivity contribution in [3.05, 3.63) is 59.8 Å². The van der Waals surface area contributed by atoms with Crippen molar-refractivity contribution in [1.29, 1.82) is 0 Å². The monoisotopic (exact) mass is 350 g/mol. The zero-order valence-electron chi connectivity index (χ0n) is 14.9. The van der Waals surface area contributed by atoms with Crippen LogP contribution in [0.3, 0.4) is 0 Å². The van der Waals surface area contributed by atoms with Crippen LogP contribution in [0.2, 0.25) is 0 Å². The fraction of sp³-hybridized carbons (Fsp3) is 0.250. The van der Waals surface area contributed by atoms with Gasteiger partial charge in [-0.3, -0.25) is 4.79 Å². The number of fused-ring (bicyclic) bond motifs is 1. The molecule has 0 aliphatic heterocycles. The number of rotatable bonds is 3. The van der Waals surface area contributed by atoms with E-state index in [9.17, 15) is 9.18 Å². The van der Waals surface area contributed by atoms with Crippen LogP contribution in [0, 0.1) is 17.8 Å². The summed E-state index contributed by atoms with van der Waals surface area (Å²) in [6.07, 6.45) is 2.02. The molecule has 132 valence electrons. The van der Waals surface area contributed by atoms with Crippen molar-refractivity contribution in [3.63, 3.8) is 0 Å². The maximum Gasteiger partial charge on any atom is 0.226 e. The van der Waals surface area contributed by atoms with Crippen LogP contribution >= 0.6 is 0 Å². The van der Waals surface area contributed by atoms with Gasteiger partial charge in [-0.2, -0.15) is 0 Å². The summed E-state index contributed by atoms with van der Waals surface area (Å²) in [4.78, 5) is 15.8. The van der Waals surface area contributed by atoms with Gasteiger partial charge in [-0.15, -0.1) is 5.10 Å². The van der Waals surface area contributed by atoms with Gasteiger partial charge in [0.2, 0.25) is 5.91 Å². The number of halogens is 1. The molecule has 2 heterocycles. The number of pyridine rings is 1. The van der Waals surface area contributed by atoms with Gasteiger partial charge in [0.25, 0.3) is 0 Å². The second-order valence-electron chi connectivity index (χ2n) is 7.34. The van der Waals surface area contributed by atoms with E-state index in [0.717, 1.165) is 5.56 Å². The molecule has 0 radical (unpaired) electrons. The fourth-order valence-electron chi connectivity index (χ4n) is 2.75. The lowest BCUT2D eigenvalue weighted by molar-refractivity contribution is -0.117. The van der Waals surface area contributed by atoms with Gasteiger partial charge < -0.3 is 5.32 Å². The molecule has 1 N–H and O–H groups in total. The number of amides is 1. The van der Waals surface area contributed by atoms with E-state index < -0.39 is 0 Å². The molecular formula is C20H19FN4O. The fourth-order valence-corrected chi connectivity index (χ4v) is 2.75. The molecule has 3 aromatic rings. The Morgan fingerprint density at radius 1 is 1.27 bits per heavy atom. The first-order valence-corrected chi connectivity index (χ1v) is 8.22. The number of nitrogens with one attached hydrogen (secondary N) is 1. The van der Waals surface area contributed by atoms with E-state index in [0.29, 0.717) is 29.0 Å². The van der Waals surface area contributed by atoms with E-state index in [-0.39, 0.29) is 17.1 Å². The SMILES string of the molecule is [C-]#[N+]c1ccn2nc(NC(=O)CC(C)(C)C)c(-c3ccc(F)cc3)c2c1. The molecule has 0 saturated carbocycles. The second-order valence-corrected chi connectivity index (χ2v) is 7.34. The summed E-state index contributed by atoms with van der Waals surface area (Å²) in [5, 5.41) is 7.31. The van der Waals surface area contributed by atoms with Crippen molar-refractivity contribution in [2.24, 2.45) is 5.41 Å². The number of hydrogen-bond acceptors (Lipinski definition) is 2. The summed E-state index contributed by atoms with van der Waals surface area (Å²) in [6.45, 7) is 13.2. The molecule has 0 unspecified atom stereocenters. The number of carbonyl (C=O) groups excluding carboxylic acids is 1. The molecule has 0 atom stereocenters. The van der Waals surface area contributed by atoms with Gasteiger partial charge in [0.15, 0.2) is 11.5 Å². The molecule has 0 aliphatic rings. The highest BCUT2D eigenvalue weighted by molar-refractivity contribution is 5.99. The van der Waals surface area contributed by atoms with Crippen LogP contribution in [0.25, 0.3) is 21.5 Å². The largest absolute Gasteiger partial charge is 0.309 e. The van der Waals surface area contributed by atoms with Crippen molar-refractivity contribution in [2.75, 3.05) is 5.32 Å². The standard InChI is InChI=1S/C20H19FN4O/c1-20(2,3)12-17(26)23-19-18(13-5-7-14(21)8-6-13)16-11-15(22-4)9-10-25(16)24-19/h5-11H,12H2,1-3H3,(H,23,24,26). The van der Waals surface area contributed by atoms with E-state index in [1.165, 1.54) is 12.1 Å². The molecule has 0 bridgehead atoms. The number of benzene rings is 1. The Bertz CT molecular complexity index is 1010. The van der Waals surface area contributed by atoms with Crippen LogP contribution in [0.1, 0.15) is 27.2 Å². The smallest absolute Gasteiger partial charge is 0.226 e. The molecule has 0 saturated heterocycles. The van der Waals surface area contributed by atoms with Crippen LogP contribution in [0.5, 0.6) is 0 Å². The van der Waals surface area contributed by atoms with Gasteiger partial charge in [0.1, 0.15) is 5.82 Å². The number of hydrogen-bond donors (Lipinski definition) is 1. The van der Waals surface area contributed by atoms with Gasteiger partial charge in [-0.05, 0) is 35.2 Å². The molecule has 6 heteroatoms. The van der Waals surface area contributed by atoms with Gasteiger partial charge >= 0.3 is 0 Å². The first-order valence-electron chi connectivity index (χ1n) is 8.22. The zero-order chi connectivity index (χ0) is 18.9. The summed E-state index contributed by atoms with van der Waals surface area (Å²) in [6, 6.07) is 9.35. The normalized spacial score (nSPS) is 11.3. The average Bonchev–Trinajstić information content (AvgIpc) is 2.90. The molecule has 0 fully saturated rings. The molecule has 0 spiro atoms. The maximum atomic E-state index is 13.3. The predicted molar refractivity (Wildman–Crippen MR) is 99.5 cm³/mol. The molecule has 0 aliphatic carbocycles. The van der Waals surface area contributed by atoms with Crippen molar-refractivity contribution < 1.29 is 9.18 Å². The number of nitrogens with zero attached hydrogens (tertiary/aromatic N) is 3. The van der Waals surface area contributed by atoms with E-state index in [1.54, 1.807) is 35.0 Å². The molecule has 3 rings (SSSR count). The van der Waals surface area contributed by atoms with E-state index in [1.807, 2.05) is 20.8 Å². The Kier molecular flexibility index (Phi) is 4.47. The lowest BCUT2D eigenvalue weighted by atomic mass is 9.92. The lowest BCUT2D eigenvalue weighted by Crippen LogP contribution is -2.20. The topological polar surface area (TPSA) is 50.8 Å². The van der Waals surface area contributed by atoms with Gasteiger partial charge in [-0.1, -0.05) is 32.9 Å². The summed E-state index contributed by atoms with van der Waals surface area (Å²) in [7, 11) is 0. The van der Waals surface area contributed by atoms with Crippen molar-refractivity contribution in [2.45, 2.75) is 27.2 Å². The number of carbonyl (C=O) groups is 1. The quantitative estimate of drug-likeness (QED) is 0.671. The molecule has 5 nitrogen and oxygen atoms in total. The Balaban J connectivity index is 2.12. The number of anilines is 1. The Morgan fingerprint density at radius 3 is 2.58 bits per heavy atom. The third kappa shape index (κ3) is 3.72. The van der Waals surface area contributed by atoms with Gasteiger partial charge in [0.05, 0.1) is 17.7 Å². The minimum atomic E-state index is -0.342. The minimum absolute atomic E-state index is 0.144.